The third kappa shape index (κ3) is 4.80. The summed E-state index contributed by atoms with van der Waals surface area (Å²) >= 11 is 0. The molecule has 1 N–H and O–H groups in total. The number of nitro groups is 1. The molecule has 0 saturated heterocycles. The van der Waals surface area contributed by atoms with Gasteiger partial charge in [0.15, 0.2) is 6.61 Å². The van der Waals surface area contributed by atoms with Gasteiger partial charge in [-0.3, -0.25) is 14.9 Å². The first-order valence-corrected chi connectivity index (χ1v) is 10.7. The Morgan fingerprint density at radius 1 is 1.09 bits per heavy atom. The molecule has 1 amide bonds. The van der Waals surface area contributed by atoms with Gasteiger partial charge in [-0.1, -0.05) is 25.1 Å². The van der Waals surface area contributed by atoms with Crippen LogP contribution in [0.4, 0.5) is 11.4 Å². The van der Waals surface area contributed by atoms with Crippen LogP contribution in [0.5, 0.6) is 5.75 Å². The predicted octanol–water partition coefficient (Wildman–Crippen LogP) is 5.26. The Bertz CT molecular complexity index is 1440. The predicted molar refractivity (Wildman–Crippen MR) is 129 cm³/mol. The maximum Gasteiger partial charge on any atom is 0.336 e. The van der Waals surface area contributed by atoms with E-state index in [1.807, 2.05) is 32.0 Å². The molecule has 172 valence electrons. The molecule has 3 aromatic carbocycles. The number of fused-ring (bicyclic) bond motifs is 1. The number of aryl methyl sites for hydroxylation is 2. The maximum absolute atomic E-state index is 12.5. The molecule has 1 aromatic heterocycles. The highest BCUT2D eigenvalue weighted by molar-refractivity contribution is 5.95. The van der Waals surface area contributed by atoms with Gasteiger partial charge < -0.3 is 14.5 Å². The Balaban J connectivity index is 1.55. The molecule has 0 saturated carbocycles. The topological polar surface area (TPSA) is 112 Å². The lowest BCUT2D eigenvalue weighted by atomic mass is 10.0. The molecule has 0 radical (unpaired) electrons. The van der Waals surface area contributed by atoms with Crippen LogP contribution in [0.1, 0.15) is 18.1 Å². The summed E-state index contributed by atoms with van der Waals surface area (Å²) in [5.41, 5.74) is 3.70. The van der Waals surface area contributed by atoms with E-state index in [-0.39, 0.29) is 23.8 Å². The van der Waals surface area contributed by atoms with Crippen molar-refractivity contribution in [1.29, 1.82) is 0 Å². The average Bonchev–Trinajstić information content (AvgIpc) is 2.83. The molecular formula is C26H22N2O6. The van der Waals surface area contributed by atoms with Gasteiger partial charge in [-0.2, -0.15) is 0 Å². The summed E-state index contributed by atoms with van der Waals surface area (Å²) in [7, 11) is 0. The van der Waals surface area contributed by atoms with Crippen LogP contribution in [0.3, 0.4) is 0 Å². The number of non-ortho nitro benzene ring substituents is 1. The first-order valence-electron chi connectivity index (χ1n) is 10.7. The van der Waals surface area contributed by atoms with E-state index >= 15 is 0 Å². The lowest BCUT2D eigenvalue weighted by molar-refractivity contribution is -0.384. The number of benzene rings is 3. The normalized spacial score (nSPS) is 10.8. The molecule has 34 heavy (non-hydrogen) atoms. The van der Waals surface area contributed by atoms with Gasteiger partial charge in [0.25, 0.3) is 11.6 Å². The molecule has 0 unspecified atom stereocenters. The third-order valence-corrected chi connectivity index (χ3v) is 5.48. The van der Waals surface area contributed by atoms with Crippen molar-refractivity contribution in [2.75, 3.05) is 11.9 Å². The first-order chi connectivity index (χ1) is 16.4. The minimum absolute atomic E-state index is 0.0401. The molecule has 0 aliphatic rings. The molecule has 8 nitrogen and oxygen atoms in total. The summed E-state index contributed by atoms with van der Waals surface area (Å²) in [5.74, 6) is 0.0670. The van der Waals surface area contributed by atoms with Crippen LogP contribution in [0, 0.1) is 17.0 Å². The number of hydrogen-bond donors (Lipinski definition) is 1. The van der Waals surface area contributed by atoms with E-state index in [9.17, 15) is 19.7 Å². The fourth-order valence-corrected chi connectivity index (χ4v) is 3.76. The lowest BCUT2D eigenvalue weighted by Crippen LogP contribution is -2.21. The lowest BCUT2D eigenvalue weighted by Gasteiger charge is -2.13. The Kier molecular flexibility index (Phi) is 6.40. The van der Waals surface area contributed by atoms with Crippen LogP contribution in [0.25, 0.3) is 22.1 Å². The fraction of sp³-hybridized carbons (Fsp3) is 0.154. The molecule has 0 spiro atoms. The van der Waals surface area contributed by atoms with Gasteiger partial charge >= 0.3 is 5.63 Å². The Labute approximate surface area is 194 Å². The van der Waals surface area contributed by atoms with E-state index < -0.39 is 10.5 Å². The summed E-state index contributed by atoms with van der Waals surface area (Å²) in [6, 6.07) is 18.1. The fourth-order valence-electron chi connectivity index (χ4n) is 3.76. The average molecular weight is 458 g/mol. The summed E-state index contributed by atoms with van der Waals surface area (Å²) in [6.07, 6.45) is 0.791. The number of anilines is 1. The molecule has 0 aliphatic heterocycles. The number of carbonyl (C=O) groups excluding carboxylic acids is 1. The van der Waals surface area contributed by atoms with Crippen molar-refractivity contribution in [3.05, 3.63) is 98.4 Å². The number of nitrogens with one attached hydrogen (secondary N) is 1. The molecule has 1 heterocycles. The first kappa shape index (κ1) is 22.7. The highest BCUT2D eigenvalue weighted by Gasteiger charge is 2.13. The van der Waals surface area contributed by atoms with Crippen molar-refractivity contribution >= 4 is 28.3 Å². The van der Waals surface area contributed by atoms with E-state index in [0.717, 1.165) is 23.2 Å². The number of nitro benzene ring substituents is 1. The van der Waals surface area contributed by atoms with Crippen molar-refractivity contribution in [3.8, 4) is 16.9 Å². The quantitative estimate of drug-likeness (QED) is 0.230. The molecule has 0 fully saturated rings. The maximum atomic E-state index is 12.5. The van der Waals surface area contributed by atoms with Crippen molar-refractivity contribution in [2.24, 2.45) is 0 Å². The number of ether oxygens (including phenoxy) is 1. The van der Waals surface area contributed by atoms with Gasteiger partial charge in [-0.05, 0) is 59.9 Å². The SMILES string of the molecule is CCc1cccc(C)c1NC(=O)COc1ccc2c(-c3ccc([N+](=O)[O-])cc3)cc(=O)oc2c1. The van der Waals surface area contributed by atoms with E-state index in [0.29, 0.717) is 22.3 Å². The van der Waals surface area contributed by atoms with E-state index in [1.165, 1.54) is 18.2 Å². The van der Waals surface area contributed by atoms with Crippen LogP contribution >= 0.6 is 0 Å². The van der Waals surface area contributed by atoms with Gasteiger partial charge in [0.2, 0.25) is 0 Å². The standard InChI is InChI=1S/C26H22N2O6/c1-3-17-6-4-5-16(2)26(17)27-24(29)15-33-20-11-12-21-22(14-25(30)34-23(21)13-20)18-7-9-19(10-8-18)28(31)32/h4-14H,3,15H2,1-2H3,(H,27,29). The third-order valence-electron chi connectivity index (χ3n) is 5.48. The van der Waals surface area contributed by atoms with Gasteiger partial charge in [0, 0.05) is 35.3 Å². The summed E-state index contributed by atoms with van der Waals surface area (Å²) < 4.78 is 11.0. The van der Waals surface area contributed by atoms with Gasteiger partial charge in [-0.15, -0.1) is 0 Å². The number of para-hydroxylation sites is 1. The Hall–Kier alpha value is -4.46. The zero-order valence-corrected chi connectivity index (χ0v) is 18.7. The second-order valence-electron chi connectivity index (χ2n) is 7.74. The largest absolute Gasteiger partial charge is 0.484 e. The van der Waals surface area contributed by atoms with E-state index in [1.54, 1.807) is 30.3 Å². The molecule has 0 aliphatic carbocycles. The number of carbonyl (C=O) groups is 1. The minimum atomic E-state index is -0.567. The van der Waals surface area contributed by atoms with Gasteiger partial charge in [0.1, 0.15) is 11.3 Å². The van der Waals surface area contributed by atoms with Crippen molar-refractivity contribution in [1.82, 2.24) is 0 Å². The second kappa shape index (κ2) is 9.58. The molecule has 4 rings (SSSR count). The molecule has 8 heteroatoms. The van der Waals surface area contributed by atoms with Crippen LogP contribution in [0.2, 0.25) is 0 Å². The van der Waals surface area contributed by atoms with Gasteiger partial charge in [-0.25, -0.2) is 4.79 Å². The van der Waals surface area contributed by atoms with Crippen LogP contribution in [0.15, 0.2) is 75.9 Å². The number of hydrogen-bond acceptors (Lipinski definition) is 6. The smallest absolute Gasteiger partial charge is 0.336 e. The second-order valence-corrected chi connectivity index (χ2v) is 7.74. The Morgan fingerprint density at radius 3 is 2.56 bits per heavy atom. The monoisotopic (exact) mass is 458 g/mol. The minimum Gasteiger partial charge on any atom is -0.484 e. The molecule has 0 atom stereocenters. The summed E-state index contributed by atoms with van der Waals surface area (Å²) in [6.45, 7) is 3.74. The summed E-state index contributed by atoms with van der Waals surface area (Å²) in [4.78, 5) is 35.1. The highest BCUT2D eigenvalue weighted by atomic mass is 16.6. The zero-order valence-electron chi connectivity index (χ0n) is 18.7. The number of amides is 1. The van der Waals surface area contributed by atoms with E-state index in [4.69, 9.17) is 9.15 Å². The van der Waals surface area contributed by atoms with Crippen LogP contribution in [-0.2, 0) is 11.2 Å². The highest BCUT2D eigenvalue weighted by Crippen LogP contribution is 2.31. The van der Waals surface area contributed by atoms with Crippen molar-refractivity contribution in [3.63, 3.8) is 0 Å². The van der Waals surface area contributed by atoms with E-state index in [2.05, 4.69) is 5.32 Å². The van der Waals surface area contributed by atoms with Crippen molar-refractivity contribution < 1.29 is 18.9 Å². The number of rotatable bonds is 7. The molecular weight excluding hydrogens is 436 g/mol. The number of nitrogens with zero attached hydrogens (tertiary/aromatic N) is 1. The Morgan fingerprint density at radius 2 is 1.85 bits per heavy atom. The summed E-state index contributed by atoms with van der Waals surface area (Å²) in [5, 5.41) is 14.5. The zero-order chi connectivity index (χ0) is 24.2. The molecule has 4 aromatic rings. The van der Waals surface area contributed by atoms with Gasteiger partial charge in [0.05, 0.1) is 4.92 Å². The van der Waals surface area contributed by atoms with Crippen LogP contribution in [-0.4, -0.2) is 17.4 Å². The molecule has 0 bridgehead atoms. The van der Waals surface area contributed by atoms with Crippen molar-refractivity contribution in [2.45, 2.75) is 20.3 Å². The van der Waals surface area contributed by atoms with Crippen LogP contribution < -0.4 is 15.7 Å².